The maximum atomic E-state index is 14.1. The Hall–Kier alpha value is -4.19. The first kappa shape index (κ1) is 26.9. The molecule has 0 fully saturated rings. The number of aromatic nitrogens is 1. The van der Waals surface area contributed by atoms with E-state index in [0.29, 0.717) is 48.2 Å². The van der Waals surface area contributed by atoms with Crippen molar-refractivity contribution in [1.29, 1.82) is 0 Å². The third kappa shape index (κ3) is 5.40. The molecule has 0 bridgehead atoms. The summed E-state index contributed by atoms with van der Waals surface area (Å²) < 4.78 is 29.1. The zero-order valence-corrected chi connectivity index (χ0v) is 21.9. The van der Waals surface area contributed by atoms with Gasteiger partial charge >= 0.3 is 0 Å². The number of hydrogen-bond acceptors (Lipinski definition) is 8. The number of carbonyl (C=O) groups excluding carboxylic acids is 3. The Morgan fingerprint density at radius 3 is 2.39 bits per heavy atom. The second kappa shape index (κ2) is 10.7. The minimum absolute atomic E-state index is 0.0802. The van der Waals surface area contributed by atoms with Crippen molar-refractivity contribution in [3.05, 3.63) is 64.4 Å². The molecule has 3 aromatic rings. The molecule has 1 aromatic heterocycles. The van der Waals surface area contributed by atoms with Crippen LogP contribution < -0.4 is 31.2 Å². The molecular weight excluding hydrogens is 513 g/mol. The van der Waals surface area contributed by atoms with E-state index >= 15 is 0 Å². The Kier molecular flexibility index (Phi) is 7.53. The van der Waals surface area contributed by atoms with Crippen molar-refractivity contribution < 1.29 is 28.2 Å². The molecule has 3 amide bonds. The highest BCUT2D eigenvalue weighted by atomic mass is 32.1. The van der Waals surface area contributed by atoms with Crippen LogP contribution in [0.5, 0.6) is 11.5 Å². The van der Waals surface area contributed by atoms with Gasteiger partial charge in [-0.15, -0.1) is 0 Å². The average Bonchev–Trinajstić information content (AvgIpc) is 3.28. The zero-order valence-electron chi connectivity index (χ0n) is 21.1. The number of anilines is 2. The molecule has 200 valence electrons. The lowest BCUT2D eigenvalue weighted by atomic mass is 9.98. The van der Waals surface area contributed by atoms with Gasteiger partial charge in [-0.05, 0) is 61.6 Å². The Labute approximate surface area is 222 Å². The number of halogens is 1. The molecule has 1 aliphatic rings. The van der Waals surface area contributed by atoms with Gasteiger partial charge in [0.2, 0.25) is 5.91 Å². The van der Waals surface area contributed by atoms with Gasteiger partial charge in [0, 0.05) is 17.3 Å². The second-order valence-corrected chi connectivity index (χ2v) is 10.1. The molecule has 4 rings (SSSR count). The first-order valence-electron chi connectivity index (χ1n) is 11.9. The minimum Gasteiger partial charge on any atom is -0.486 e. The molecule has 1 unspecified atom stereocenters. The van der Waals surface area contributed by atoms with Gasteiger partial charge in [0.05, 0.1) is 5.69 Å². The van der Waals surface area contributed by atoms with Crippen molar-refractivity contribution in [2.45, 2.75) is 38.8 Å². The number of primary amides is 1. The summed E-state index contributed by atoms with van der Waals surface area (Å²) in [5.74, 6) is -1.74. The summed E-state index contributed by atoms with van der Waals surface area (Å²) in [7, 11) is 0. The Bertz CT molecular complexity index is 1370. The van der Waals surface area contributed by atoms with E-state index in [1.165, 1.54) is 29.2 Å². The average molecular weight is 542 g/mol. The summed E-state index contributed by atoms with van der Waals surface area (Å²) in [4.78, 5) is 40.9. The van der Waals surface area contributed by atoms with Crippen LogP contribution in [0, 0.1) is 5.82 Å². The van der Waals surface area contributed by atoms with Crippen LogP contribution in [-0.2, 0) is 4.79 Å². The fourth-order valence-corrected chi connectivity index (χ4v) is 4.60. The molecule has 2 aromatic carbocycles. The van der Waals surface area contributed by atoms with Crippen LogP contribution in [0.4, 0.5) is 15.8 Å². The first-order valence-corrected chi connectivity index (χ1v) is 12.7. The predicted molar refractivity (Wildman–Crippen MR) is 141 cm³/mol. The van der Waals surface area contributed by atoms with Crippen molar-refractivity contribution in [3.8, 4) is 11.5 Å². The van der Waals surface area contributed by atoms with Crippen molar-refractivity contribution >= 4 is 40.6 Å². The highest BCUT2D eigenvalue weighted by molar-refractivity contribution is 7.09. The van der Waals surface area contributed by atoms with Crippen molar-refractivity contribution in [2.24, 2.45) is 5.73 Å². The number of nitrogens with two attached hydrogens (primary N) is 2. The van der Waals surface area contributed by atoms with Crippen molar-refractivity contribution in [1.82, 2.24) is 9.69 Å². The van der Waals surface area contributed by atoms with E-state index in [-0.39, 0.29) is 21.9 Å². The normalized spacial score (nSPS) is 13.5. The lowest BCUT2D eigenvalue weighted by molar-refractivity contribution is -0.124. The second-order valence-electron chi connectivity index (χ2n) is 9.32. The zero-order chi connectivity index (χ0) is 27.6. The molecule has 12 heteroatoms. The van der Waals surface area contributed by atoms with E-state index < -0.39 is 35.1 Å². The Morgan fingerprint density at radius 2 is 1.79 bits per heavy atom. The van der Waals surface area contributed by atoms with E-state index in [0.717, 1.165) is 0 Å². The maximum Gasteiger partial charge on any atom is 0.273 e. The number of nitrogens with zero attached hydrogens (tertiary/aromatic N) is 2. The van der Waals surface area contributed by atoms with Gasteiger partial charge in [-0.2, -0.15) is 4.37 Å². The molecule has 0 aliphatic carbocycles. The summed E-state index contributed by atoms with van der Waals surface area (Å²) in [5, 5.41) is 2.98. The monoisotopic (exact) mass is 541 g/mol. The molecule has 38 heavy (non-hydrogen) atoms. The largest absolute Gasteiger partial charge is 0.486 e. The van der Waals surface area contributed by atoms with E-state index in [9.17, 15) is 18.8 Å². The molecule has 0 spiro atoms. The van der Waals surface area contributed by atoms with Gasteiger partial charge in [0.15, 0.2) is 17.2 Å². The van der Waals surface area contributed by atoms with Crippen LogP contribution in [0.2, 0.25) is 0 Å². The number of nitrogens with one attached hydrogen (secondary N) is 1. The van der Waals surface area contributed by atoms with Crippen LogP contribution in [0.3, 0.4) is 0 Å². The first-order chi connectivity index (χ1) is 18.0. The number of fused-ring (bicyclic) bond motifs is 1. The molecule has 0 radical (unpaired) electrons. The van der Waals surface area contributed by atoms with Crippen LogP contribution in [-0.4, -0.2) is 40.8 Å². The third-order valence-electron chi connectivity index (χ3n) is 6.22. The van der Waals surface area contributed by atoms with Crippen molar-refractivity contribution in [3.63, 3.8) is 0 Å². The predicted octanol–water partition coefficient (Wildman–Crippen LogP) is 3.43. The number of ether oxygens (including phenoxy) is 2. The SMILES string of the molecule is CCC(C)(C)NC(=O)C(c1ccc(F)cc1)N(C(=O)c1snc(C(N)=O)c1N)c1ccc2c(c1)OCCO2. The lowest BCUT2D eigenvalue weighted by Gasteiger charge is -2.35. The van der Waals surface area contributed by atoms with Crippen molar-refractivity contribution in [2.75, 3.05) is 23.8 Å². The number of hydrogen-bond donors (Lipinski definition) is 3. The number of amides is 3. The van der Waals surface area contributed by atoms with E-state index in [4.69, 9.17) is 20.9 Å². The quantitative estimate of drug-likeness (QED) is 0.395. The molecule has 1 atom stereocenters. The molecule has 5 N–H and O–H groups in total. The Balaban J connectivity index is 1.91. The van der Waals surface area contributed by atoms with Gasteiger partial charge in [-0.25, -0.2) is 4.39 Å². The summed E-state index contributed by atoms with van der Waals surface area (Å²) >= 11 is 0.694. The van der Waals surface area contributed by atoms with Gasteiger partial charge < -0.3 is 26.3 Å². The summed E-state index contributed by atoms with van der Waals surface area (Å²) in [6.07, 6.45) is 0.608. The summed E-state index contributed by atoms with van der Waals surface area (Å²) in [5.41, 5.74) is 11.0. The topological polar surface area (TPSA) is 150 Å². The lowest BCUT2D eigenvalue weighted by Crippen LogP contribution is -2.50. The number of rotatable bonds is 8. The van der Waals surface area contributed by atoms with Gasteiger partial charge in [-0.1, -0.05) is 19.1 Å². The van der Waals surface area contributed by atoms with Gasteiger partial charge in [0.25, 0.3) is 11.8 Å². The van der Waals surface area contributed by atoms with Gasteiger partial charge in [-0.3, -0.25) is 19.3 Å². The molecule has 1 aliphatic heterocycles. The minimum atomic E-state index is -1.25. The highest BCUT2D eigenvalue weighted by Crippen LogP contribution is 2.39. The van der Waals surface area contributed by atoms with Crippen LogP contribution in [0.1, 0.15) is 59.0 Å². The Morgan fingerprint density at radius 1 is 1.13 bits per heavy atom. The number of nitrogen functional groups attached to an aromatic ring is 1. The standard InChI is InChI=1S/C26H28FN5O5S/c1-4-26(2,3)30-24(34)21(14-5-7-15(27)8-6-14)32(16-9-10-17-18(13-16)37-12-11-36-17)25(35)22-19(28)20(23(29)33)31-38-22/h5-10,13,21H,4,11-12,28H2,1-3H3,(H2,29,33)(H,30,34). The van der Waals surface area contributed by atoms with Crippen LogP contribution in [0.15, 0.2) is 42.5 Å². The van der Waals surface area contributed by atoms with Gasteiger partial charge in [0.1, 0.15) is 29.9 Å². The molecular formula is C26H28FN5O5S. The third-order valence-corrected chi connectivity index (χ3v) is 7.07. The van der Waals surface area contributed by atoms with Crippen LogP contribution in [0.25, 0.3) is 0 Å². The summed E-state index contributed by atoms with van der Waals surface area (Å²) in [6.45, 7) is 6.29. The molecule has 0 saturated carbocycles. The molecule has 2 heterocycles. The molecule has 10 nitrogen and oxygen atoms in total. The number of carbonyl (C=O) groups is 3. The van der Waals surface area contributed by atoms with E-state index in [2.05, 4.69) is 9.69 Å². The fourth-order valence-electron chi connectivity index (χ4n) is 3.86. The smallest absolute Gasteiger partial charge is 0.273 e. The fraction of sp³-hybridized carbons (Fsp3) is 0.308. The van der Waals surface area contributed by atoms with Crippen LogP contribution >= 0.6 is 11.5 Å². The summed E-state index contributed by atoms with van der Waals surface area (Å²) in [6, 6.07) is 8.84. The molecule has 0 saturated heterocycles. The van der Waals surface area contributed by atoms with E-state index in [1.54, 1.807) is 18.2 Å². The number of benzene rings is 2. The maximum absolute atomic E-state index is 14.1. The highest BCUT2D eigenvalue weighted by Gasteiger charge is 2.38. The van der Waals surface area contributed by atoms with E-state index in [1.807, 2.05) is 20.8 Å².